The van der Waals surface area contributed by atoms with E-state index in [0.29, 0.717) is 17.7 Å². The van der Waals surface area contributed by atoms with Gasteiger partial charge in [-0.05, 0) is 25.1 Å². The minimum atomic E-state index is -0.490. The van der Waals surface area contributed by atoms with Gasteiger partial charge >= 0.3 is 0 Å². The zero-order chi connectivity index (χ0) is 13.7. The zero-order valence-corrected chi connectivity index (χ0v) is 12.2. The maximum atomic E-state index is 12.0. The maximum absolute atomic E-state index is 12.0. The van der Waals surface area contributed by atoms with Crippen molar-refractivity contribution in [2.45, 2.75) is 26.3 Å². The molecule has 0 aliphatic heterocycles. The second-order valence-corrected chi connectivity index (χ2v) is 4.78. The molecule has 0 saturated heterocycles. The Bertz CT molecular complexity index is 460. The number of Topliss-reactive ketones (excluding diaryl/α,β-unsaturated/α-hetero) is 1. The number of ketones is 1. The van der Waals surface area contributed by atoms with Crippen LogP contribution in [0.3, 0.4) is 0 Å². The fourth-order valence-corrected chi connectivity index (χ4v) is 1.85. The Morgan fingerprint density at radius 2 is 2.11 bits per heavy atom. The summed E-state index contributed by atoms with van der Waals surface area (Å²) in [5.74, 6) is 0.158. The van der Waals surface area contributed by atoms with E-state index in [2.05, 4.69) is 21.2 Å². The van der Waals surface area contributed by atoms with Gasteiger partial charge in [0.1, 0.15) is 5.75 Å². The molecule has 0 aliphatic carbocycles. The molecular weight excluding hydrogens is 298 g/mol. The molecule has 5 heteroatoms. The molecule has 0 heterocycles. The van der Waals surface area contributed by atoms with Crippen LogP contribution in [0.4, 0.5) is 0 Å². The second-order valence-electron chi connectivity index (χ2n) is 3.86. The van der Waals surface area contributed by atoms with Crippen LogP contribution in [0.1, 0.15) is 30.6 Å². The predicted octanol–water partition coefficient (Wildman–Crippen LogP) is 2.56. The van der Waals surface area contributed by atoms with E-state index in [4.69, 9.17) is 4.74 Å². The summed E-state index contributed by atoms with van der Waals surface area (Å²) in [6.45, 7) is 3.44. The molecule has 0 spiro atoms. The van der Waals surface area contributed by atoms with Crippen LogP contribution in [0.15, 0.2) is 22.7 Å². The molecule has 1 aromatic carbocycles. The van der Waals surface area contributed by atoms with Crippen LogP contribution >= 0.6 is 15.9 Å². The highest BCUT2D eigenvalue weighted by molar-refractivity contribution is 9.10. The van der Waals surface area contributed by atoms with Gasteiger partial charge in [-0.15, -0.1) is 0 Å². The zero-order valence-electron chi connectivity index (χ0n) is 10.6. The molecule has 0 bridgehead atoms. The fraction of sp³-hybridized carbons (Fsp3) is 0.385. The largest absolute Gasteiger partial charge is 0.496 e. The second kappa shape index (κ2) is 6.54. The maximum Gasteiger partial charge on any atom is 0.255 e. The topological polar surface area (TPSA) is 55.4 Å². The smallest absolute Gasteiger partial charge is 0.255 e. The van der Waals surface area contributed by atoms with Crippen molar-refractivity contribution in [2.24, 2.45) is 0 Å². The first-order valence-electron chi connectivity index (χ1n) is 5.66. The molecule has 1 aromatic rings. The molecule has 4 nitrogen and oxygen atoms in total. The van der Waals surface area contributed by atoms with Gasteiger partial charge in [-0.1, -0.05) is 22.9 Å². The first kappa shape index (κ1) is 14.7. The van der Waals surface area contributed by atoms with Crippen molar-refractivity contribution in [3.63, 3.8) is 0 Å². The summed E-state index contributed by atoms with van der Waals surface area (Å²) >= 11 is 3.31. The summed E-state index contributed by atoms with van der Waals surface area (Å²) in [5.41, 5.74) is 0.413. The lowest BCUT2D eigenvalue weighted by molar-refractivity contribution is -0.120. The van der Waals surface area contributed by atoms with E-state index in [-0.39, 0.29) is 11.7 Å². The molecular formula is C13H16BrNO3. The number of carbonyl (C=O) groups excluding carboxylic acids is 2. The van der Waals surface area contributed by atoms with Crippen LogP contribution in [0.2, 0.25) is 0 Å². The Labute approximate surface area is 115 Å². The Kier molecular flexibility index (Phi) is 5.34. The molecule has 0 aromatic heterocycles. The number of ether oxygens (including phenoxy) is 1. The first-order chi connectivity index (χ1) is 8.49. The van der Waals surface area contributed by atoms with Gasteiger partial charge < -0.3 is 10.1 Å². The summed E-state index contributed by atoms with van der Waals surface area (Å²) < 4.78 is 5.97. The summed E-state index contributed by atoms with van der Waals surface area (Å²) in [6.07, 6.45) is 0.402. The summed E-state index contributed by atoms with van der Waals surface area (Å²) in [6, 6.07) is 4.63. The van der Waals surface area contributed by atoms with Crippen molar-refractivity contribution in [1.82, 2.24) is 5.32 Å². The van der Waals surface area contributed by atoms with Gasteiger partial charge in [0.2, 0.25) is 0 Å². The van der Waals surface area contributed by atoms with Crippen molar-refractivity contribution >= 4 is 27.6 Å². The molecule has 0 fully saturated rings. The van der Waals surface area contributed by atoms with Crippen molar-refractivity contribution in [3.8, 4) is 5.75 Å². The summed E-state index contributed by atoms with van der Waals surface area (Å²) in [4.78, 5) is 23.4. The van der Waals surface area contributed by atoms with Crippen molar-refractivity contribution < 1.29 is 14.3 Å². The number of hydrogen-bond acceptors (Lipinski definition) is 3. The van der Waals surface area contributed by atoms with Crippen LogP contribution in [0, 0.1) is 0 Å². The number of rotatable bonds is 5. The van der Waals surface area contributed by atoms with Gasteiger partial charge in [0.05, 0.1) is 18.7 Å². The quantitative estimate of drug-likeness (QED) is 0.909. The highest BCUT2D eigenvalue weighted by Gasteiger charge is 2.17. The number of methoxy groups -OCH3 is 1. The van der Waals surface area contributed by atoms with Crippen LogP contribution in [-0.4, -0.2) is 24.8 Å². The molecule has 1 rings (SSSR count). The van der Waals surface area contributed by atoms with E-state index in [1.807, 2.05) is 0 Å². The molecule has 18 heavy (non-hydrogen) atoms. The van der Waals surface area contributed by atoms with Crippen LogP contribution in [0.5, 0.6) is 5.75 Å². The van der Waals surface area contributed by atoms with Crippen molar-refractivity contribution in [2.75, 3.05) is 7.11 Å². The average Bonchev–Trinajstić information content (AvgIpc) is 2.37. The lowest BCUT2D eigenvalue weighted by atomic mass is 10.1. The first-order valence-corrected chi connectivity index (χ1v) is 6.46. The number of nitrogens with one attached hydrogen (secondary N) is 1. The highest BCUT2D eigenvalue weighted by atomic mass is 79.9. The van der Waals surface area contributed by atoms with E-state index in [1.54, 1.807) is 32.0 Å². The summed E-state index contributed by atoms with van der Waals surface area (Å²) in [5, 5.41) is 2.66. The Morgan fingerprint density at radius 1 is 1.44 bits per heavy atom. The SMILES string of the molecule is CCC(=O)C(C)NC(=O)c1ccc(Br)cc1OC. The molecule has 1 amide bonds. The van der Waals surface area contributed by atoms with Crippen molar-refractivity contribution in [3.05, 3.63) is 28.2 Å². The molecule has 98 valence electrons. The van der Waals surface area contributed by atoms with E-state index in [9.17, 15) is 9.59 Å². The third-order valence-corrected chi connectivity index (χ3v) is 3.08. The average molecular weight is 314 g/mol. The highest BCUT2D eigenvalue weighted by Crippen LogP contribution is 2.23. The third-order valence-electron chi connectivity index (χ3n) is 2.59. The normalized spacial score (nSPS) is 11.8. The van der Waals surface area contributed by atoms with Gasteiger partial charge in [-0.3, -0.25) is 9.59 Å². The molecule has 0 saturated carbocycles. The summed E-state index contributed by atoms with van der Waals surface area (Å²) in [7, 11) is 1.50. The molecule has 0 radical (unpaired) electrons. The molecule has 1 N–H and O–H groups in total. The number of carbonyl (C=O) groups is 2. The van der Waals surface area contributed by atoms with Crippen LogP contribution in [-0.2, 0) is 4.79 Å². The van der Waals surface area contributed by atoms with Gasteiger partial charge in [0.25, 0.3) is 5.91 Å². The van der Waals surface area contributed by atoms with E-state index < -0.39 is 6.04 Å². The van der Waals surface area contributed by atoms with Gasteiger partial charge in [0.15, 0.2) is 5.78 Å². The van der Waals surface area contributed by atoms with E-state index in [0.717, 1.165) is 4.47 Å². The number of hydrogen-bond donors (Lipinski definition) is 1. The Balaban J connectivity index is 2.87. The van der Waals surface area contributed by atoms with Crippen LogP contribution in [0.25, 0.3) is 0 Å². The minimum Gasteiger partial charge on any atom is -0.496 e. The predicted molar refractivity (Wildman–Crippen MR) is 72.9 cm³/mol. The van der Waals surface area contributed by atoms with Crippen molar-refractivity contribution in [1.29, 1.82) is 0 Å². The van der Waals surface area contributed by atoms with Gasteiger partial charge in [-0.25, -0.2) is 0 Å². The van der Waals surface area contributed by atoms with E-state index in [1.165, 1.54) is 7.11 Å². The number of halogens is 1. The molecule has 1 unspecified atom stereocenters. The standard InChI is InChI=1S/C13H16BrNO3/c1-4-11(16)8(2)15-13(17)10-6-5-9(14)7-12(10)18-3/h5-8H,4H2,1-3H3,(H,15,17). The lowest BCUT2D eigenvalue weighted by Crippen LogP contribution is -2.38. The Hall–Kier alpha value is -1.36. The molecule has 0 aliphatic rings. The minimum absolute atomic E-state index is 0.000529. The Morgan fingerprint density at radius 3 is 2.67 bits per heavy atom. The lowest BCUT2D eigenvalue weighted by Gasteiger charge is -2.13. The number of benzene rings is 1. The third kappa shape index (κ3) is 3.57. The molecule has 1 atom stereocenters. The van der Waals surface area contributed by atoms with Crippen LogP contribution < -0.4 is 10.1 Å². The van der Waals surface area contributed by atoms with Gasteiger partial charge in [-0.2, -0.15) is 0 Å². The van der Waals surface area contributed by atoms with E-state index >= 15 is 0 Å². The fourth-order valence-electron chi connectivity index (χ4n) is 1.51. The van der Waals surface area contributed by atoms with Gasteiger partial charge in [0, 0.05) is 10.9 Å². The monoisotopic (exact) mass is 313 g/mol. The number of amides is 1.